The van der Waals surface area contributed by atoms with Crippen LogP contribution in [0.15, 0.2) is 36.5 Å². The molecular formula is C16H18ClN3O. The SMILES string of the molecule is CC(C)(C)c1ccc(Nc2ncc(C(N)=O)cc2Cl)cc1. The second-order valence-electron chi connectivity index (χ2n) is 5.87. The zero-order chi connectivity index (χ0) is 15.6. The van der Waals surface area contributed by atoms with E-state index in [0.29, 0.717) is 10.8 Å². The molecule has 0 radical (unpaired) electrons. The van der Waals surface area contributed by atoms with Gasteiger partial charge in [-0.2, -0.15) is 0 Å². The van der Waals surface area contributed by atoms with E-state index in [0.717, 1.165) is 5.69 Å². The van der Waals surface area contributed by atoms with Crippen molar-refractivity contribution in [2.45, 2.75) is 26.2 Å². The number of nitrogens with zero attached hydrogens (tertiary/aromatic N) is 1. The van der Waals surface area contributed by atoms with Crippen molar-refractivity contribution in [2.75, 3.05) is 5.32 Å². The first-order valence-corrected chi connectivity index (χ1v) is 6.98. The van der Waals surface area contributed by atoms with Gasteiger partial charge in [-0.3, -0.25) is 4.79 Å². The Hall–Kier alpha value is -2.07. The highest BCUT2D eigenvalue weighted by Gasteiger charge is 2.13. The highest BCUT2D eigenvalue weighted by Crippen LogP contribution is 2.27. The van der Waals surface area contributed by atoms with Crippen LogP contribution in [-0.2, 0) is 5.41 Å². The first-order chi connectivity index (χ1) is 9.77. The predicted octanol–water partition coefficient (Wildman–Crippen LogP) is 3.88. The van der Waals surface area contributed by atoms with Crippen LogP contribution >= 0.6 is 11.6 Å². The van der Waals surface area contributed by atoms with E-state index >= 15 is 0 Å². The molecule has 4 nitrogen and oxygen atoms in total. The van der Waals surface area contributed by atoms with Crippen LogP contribution in [0.4, 0.5) is 11.5 Å². The average molecular weight is 304 g/mol. The van der Waals surface area contributed by atoms with Crippen LogP contribution in [0.1, 0.15) is 36.7 Å². The minimum absolute atomic E-state index is 0.109. The maximum absolute atomic E-state index is 11.1. The topological polar surface area (TPSA) is 68.0 Å². The molecule has 0 aliphatic rings. The van der Waals surface area contributed by atoms with E-state index < -0.39 is 5.91 Å². The van der Waals surface area contributed by atoms with E-state index in [2.05, 4.69) is 43.2 Å². The molecule has 3 N–H and O–H groups in total. The molecule has 0 saturated carbocycles. The molecule has 21 heavy (non-hydrogen) atoms. The third kappa shape index (κ3) is 3.73. The van der Waals surface area contributed by atoms with E-state index in [1.54, 1.807) is 0 Å². The number of hydrogen-bond donors (Lipinski definition) is 2. The summed E-state index contributed by atoms with van der Waals surface area (Å²) >= 11 is 6.09. The molecule has 0 fully saturated rings. The van der Waals surface area contributed by atoms with Crippen molar-refractivity contribution >= 4 is 29.0 Å². The van der Waals surface area contributed by atoms with Crippen molar-refractivity contribution < 1.29 is 4.79 Å². The normalized spacial score (nSPS) is 11.2. The lowest BCUT2D eigenvalue weighted by Crippen LogP contribution is -2.12. The summed E-state index contributed by atoms with van der Waals surface area (Å²) in [6.45, 7) is 6.49. The van der Waals surface area contributed by atoms with Gasteiger partial charge in [-0.1, -0.05) is 44.5 Å². The van der Waals surface area contributed by atoms with Crippen LogP contribution in [0.3, 0.4) is 0 Å². The van der Waals surface area contributed by atoms with Gasteiger partial charge in [-0.25, -0.2) is 4.98 Å². The van der Waals surface area contributed by atoms with Gasteiger partial charge in [0.1, 0.15) is 5.82 Å². The molecule has 0 bridgehead atoms. The van der Waals surface area contributed by atoms with Crippen molar-refractivity contribution in [3.8, 4) is 0 Å². The van der Waals surface area contributed by atoms with Crippen molar-refractivity contribution in [3.63, 3.8) is 0 Å². The fourth-order valence-corrected chi connectivity index (χ4v) is 2.07. The number of anilines is 2. The Kier molecular flexibility index (Phi) is 4.19. The third-order valence-electron chi connectivity index (χ3n) is 3.14. The average Bonchev–Trinajstić information content (AvgIpc) is 2.40. The first kappa shape index (κ1) is 15.3. The standard InChI is InChI=1S/C16H18ClN3O/c1-16(2,3)11-4-6-12(7-5-11)20-15-13(17)8-10(9-19-15)14(18)21/h4-9H,1-3H3,(H2,18,21)(H,19,20). The molecular weight excluding hydrogens is 286 g/mol. The molecule has 2 aromatic rings. The van der Waals surface area contributed by atoms with Crippen molar-refractivity contribution in [1.29, 1.82) is 0 Å². The van der Waals surface area contributed by atoms with Crippen molar-refractivity contribution in [2.24, 2.45) is 5.73 Å². The van der Waals surface area contributed by atoms with E-state index in [1.807, 2.05) is 12.1 Å². The monoisotopic (exact) mass is 303 g/mol. The number of aromatic nitrogens is 1. The summed E-state index contributed by atoms with van der Waals surface area (Å²) in [6.07, 6.45) is 1.40. The number of amides is 1. The summed E-state index contributed by atoms with van der Waals surface area (Å²) in [4.78, 5) is 15.2. The summed E-state index contributed by atoms with van der Waals surface area (Å²) in [6, 6.07) is 9.58. The van der Waals surface area contributed by atoms with E-state index in [9.17, 15) is 4.79 Å². The molecule has 0 spiro atoms. The lowest BCUT2D eigenvalue weighted by Gasteiger charge is -2.19. The van der Waals surface area contributed by atoms with Crippen LogP contribution < -0.4 is 11.1 Å². The fraction of sp³-hybridized carbons (Fsp3) is 0.250. The number of benzene rings is 1. The van der Waals surface area contributed by atoms with Gasteiger partial charge in [0.05, 0.1) is 10.6 Å². The number of carbonyl (C=O) groups excluding carboxylic acids is 1. The molecule has 1 heterocycles. The van der Waals surface area contributed by atoms with Gasteiger partial charge in [0, 0.05) is 11.9 Å². The Morgan fingerprint density at radius 2 is 1.86 bits per heavy atom. The van der Waals surface area contributed by atoms with Crippen LogP contribution in [0.2, 0.25) is 5.02 Å². The number of nitrogens with one attached hydrogen (secondary N) is 1. The molecule has 0 unspecified atom stereocenters. The molecule has 1 aromatic heterocycles. The summed E-state index contributed by atoms with van der Waals surface area (Å²) in [5.41, 5.74) is 7.70. The summed E-state index contributed by atoms with van der Waals surface area (Å²) in [5, 5.41) is 3.47. The fourth-order valence-electron chi connectivity index (χ4n) is 1.85. The summed E-state index contributed by atoms with van der Waals surface area (Å²) in [5.74, 6) is -0.0596. The van der Waals surface area contributed by atoms with Crippen molar-refractivity contribution in [1.82, 2.24) is 4.98 Å². The van der Waals surface area contributed by atoms with Gasteiger partial charge in [-0.05, 0) is 29.2 Å². The zero-order valence-corrected chi connectivity index (χ0v) is 13.0. The Balaban J connectivity index is 2.20. The molecule has 0 saturated heterocycles. The maximum Gasteiger partial charge on any atom is 0.250 e. The smallest absolute Gasteiger partial charge is 0.250 e. The quantitative estimate of drug-likeness (QED) is 0.904. The highest BCUT2D eigenvalue weighted by molar-refractivity contribution is 6.33. The molecule has 1 aromatic carbocycles. The predicted molar refractivity (Wildman–Crippen MR) is 86.2 cm³/mol. The lowest BCUT2D eigenvalue weighted by atomic mass is 9.87. The van der Waals surface area contributed by atoms with E-state index in [1.165, 1.54) is 17.8 Å². The molecule has 0 aliphatic heterocycles. The number of nitrogens with two attached hydrogens (primary N) is 1. The molecule has 5 heteroatoms. The number of primary amides is 1. The minimum atomic E-state index is -0.550. The lowest BCUT2D eigenvalue weighted by molar-refractivity contribution is 0.1000. The Labute approximate surface area is 129 Å². The number of carbonyl (C=O) groups is 1. The van der Waals surface area contributed by atoms with Gasteiger partial charge in [0.15, 0.2) is 0 Å². The van der Waals surface area contributed by atoms with Crippen LogP contribution in [0.5, 0.6) is 0 Å². The molecule has 0 atom stereocenters. The third-order valence-corrected chi connectivity index (χ3v) is 3.43. The number of rotatable bonds is 3. The zero-order valence-electron chi connectivity index (χ0n) is 12.3. The number of hydrogen-bond acceptors (Lipinski definition) is 3. The molecule has 110 valence electrons. The van der Waals surface area contributed by atoms with E-state index in [-0.39, 0.29) is 11.0 Å². The molecule has 1 amide bonds. The molecule has 2 rings (SSSR count). The second kappa shape index (κ2) is 5.74. The summed E-state index contributed by atoms with van der Waals surface area (Å²) in [7, 11) is 0. The number of halogens is 1. The Morgan fingerprint density at radius 3 is 2.33 bits per heavy atom. The van der Waals surface area contributed by atoms with Crippen molar-refractivity contribution in [3.05, 3.63) is 52.7 Å². The minimum Gasteiger partial charge on any atom is -0.366 e. The van der Waals surface area contributed by atoms with Gasteiger partial charge in [0.2, 0.25) is 5.91 Å². The van der Waals surface area contributed by atoms with Gasteiger partial charge >= 0.3 is 0 Å². The summed E-state index contributed by atoms with van der Waals surface area (Å²) < 4.78 is 0. The second-order valence-corrected chi connectivity index (χ2v) is 6.28. The number of pyridine rings is 1. The van der Waals surface area contributed by atoms with Gasteiger partial charge < -0.3 is 11.1 Å². The van der Waals surface area contributed by atoms with Gasteiger partial charge in [-0.15, -0.1) is 0 Å². The maximum atomic E-state index is 11.1. The highest BCUT2D eigenvalue weighted by atomic mass is 35.5. The van der Waals surface area contributed by atoms with Crippen LogP contribution in [-0.4, -0.2) is 10.9 Å². The first-order valence-electron chi connectivity index (χ1n) is 6.60. The van der Waals surface area contributed by atoms with Crippen LogP contribution in [0, 0.1) is 0 Å². The molecule has 0 aliphatic carbocycles. The largest absolute Gasteiger partial charge is 0.366 e. The van der Waals surface area contributed by atoms with Crippen LogP contribution in [0.25, 0.3) is 0 Å². The Bertz CT molecular complexity index is 660. The van der Waals surface area contributed by atoms with Gasteiger partial charge in [0.25, 0.3) is 0 Å². The van der Waals surface area contributed by atoms with E-state index in [4.69, 9.17) is 17.3 Å². The Morgan fingerprint density at radius 1 is 1.24 bits per heavy atom.